The molecule has 1 aromatic rings. The van der Waals surface area contributed by atoms with Gasteiger partial charge in [-0.3, -0.25) is 0 Å². The first kappa shape index (κ1) is 17.2. The molecule has 0 aliphatic rings. The topological polar surface area (TPSA) is 41.9 Å². The molecule has 20 heavy (non-hydrogen) atoms. The van der Waals surface area contributed by atoms with Crippen molar-refractivity contribution in [1.82, 2.24) is 0 Å². The molecular formula is C15H24ClNO3. The first-order valence-corrected chi connectivity index (χ1v) is 7.18. The lowest BCUT2D eigenvalue weighted by molar-refractivity contribution is 0.191. The highest BCUT2D eigenvalue weighted by Crippen LogP contribution is 2.29. The van der Waals surface area contributed by atoms with Crippen LogP contribution in [0.3, 0.4) is 0 Å². The molecule has 1 N–H and O–H groups in total. The lowest BCUT2D eigenvalue weighted by Crippen LogP contribution is -2.29. The van der Waals surface area contributed by atoms with Gasteiger partial charge in [-0.1, -0.05) is 17.7 Å². The summed E-state index contributed by atoms with van der Waals surface area (Å²) in [5.74, 6) is 0. The number of rotatable bonds is 9. The van der Waals surface area contributed by atoms with Crippen molar-refractivity contribution in [2.75, 3.05) is 45.4 Å². The molecule has 0 fully saturated rings. The van der Waals surface area contributed by atoms with Crippen molar-refractivity contribution < 1.29 is 14.6 Å². The van der Waals surface area contributed by atoms with Crippen molar-refractivity contribution in [1.29, 1.82) is 0 Å². The molecule has 1 rings (SSSR count). The van der Waals surface area contributed by atoms with Gasteiger partial charge in [0.1, 0.15) is 0 Å². The van der Waals surface area contributed by atoms with Crippen LogP contribution in [0.1, 0.15) is 25.0 Å². The number of halogens is 1. The normalized spacial score (nSPS) is 12.4. The number of hydrogen-bond acceptors (Lipinski definition) is 4. The summed E-state index contributed by atoms with van der Waals surface area (Å²) in [6.45, 7) is 4.71. The molecule has 0 amide bonds. The van der Waals surface area contributed by atoms with Crippen molar-refractivity contribution in [3.8, 4) is 0 Å². The third-order valence-electron chi connectivity index (χ3n) is 3.14. The van der Waals surface area contributed by atoms with E-state index in [1.165, 1.54) is 0 Å². The van der Waals surface area contributed by atoms with E-state index < -0.39 is 6.10 Å². The van der Waals surface area contributed by atoms with Gasteiger partial charge < -0.3 is 19.5 Å². The number of benzene rings is 1. The molecule has 4 nitrogen and oxygen atoms in total. The Morgan fingerprint density at radius 2 is 1.90 bits per heavy atom. The van der Waals surface area contributed by atoms with Gasteiger partial charge in [0, 0.05) is 33.9 Å². The Bertz CT molecular complexity index is 399. The molecule has 114 valence electrons. The van der Waals surface area contributed by atoms with E-state index in [0.717, 1.165) is 30.8 Å². The third-order valence-corrected chi connectivity index (χ3v) is 3.44. The summed E-state index contributed by atoms with van der Waals surface area (Å²) in [6.07, 6.45) is 0.414. The maximum absolute atomic E-state index is 9.58. The predicted molar refractivity (Wildman–Crippen MR) is 82.7 cm³/mol. The average molecular weight is 302 g/mol. The maximum Gasteiger partial charge on any atom is 0.0762 e. The fraction of sp³-hybridized carbons (Fsp3) is 0.600. The summed E-state index contributed by atoms with van der Waals surface area (Å²) in [7, 11) is 3.38. The molecule has 0 bridgehead atoms. The van der Waals surface area contributed by atoms with E-state index in [0.29, 0.717) is 18.2 Å². The second-order valence-corrected chi connectivity index (χ2v) is 5.12. The standard InChI is InChI=1S/C15H24ClNO3/c1-12(18)13-5-6-15(14(16)11-13)17(8-10-20-3)7-4-9-19-2/h5-6,11-12,18H,4,7-10H2,1-3H3/t12-/m0/s1. The zero-order chi connectivity index (χ0) is 15.0. The highest BCUT2D eigenvalue weighted by atomic mass is 35.5. The molecule has 0 heterocycles. The van der Waals surface area contributed by atoms with Gasteiger partial charge in [-0.25, -0.2) is 0 Å². The number of nitrogens with zero attached hydrogens (tertiary/aromatic N) is 1. The summed E-state index contributed by atoms with van der Waals surface area (Å²) in [5, 5.41) is 10.2. The Morgan fingerprint density at radius 3 is 2.45 bits per heavy atom. The molecule has 0 spiro atoms. The molecule has 0 aromatic heterocycles. The van der Waals surface area contributed by atoms with Gasteiger partial charge >= 0.3 is 0 Å². The number of ether oxygens (including phenoxy) is 2. The number of hydrogen-bond donors (Lipinski definition) is 1. The molecule has 1 aromatic carbocycles. The van der Waals surface area contributed by atoms with E-state index in [-0.39, 0.29) is 0 Å². The zero-order valence-electron chi connectivity index (χ0n) is 12.4. The SMILES string of the molecule is COCCCN(CCOC)c1ccc([C@H](C)O)cc1Cl. The molecule has 0 radical (unpaired) electrons. The van der Waals surface area contributed by atoms with E-state index in [1.54, 1.807) is 21.1 Å². The summed E-state index contributed by atoms with van der Waals surface area (Å²) in [6, 6.07) is 5.67. The monoisotopic (exact) mass is 301 g/mol. The van der Waals surface area contributed by atoms with Crippen LogP contribution in [0, 0.1) is 0 Å². The molecular weight excluding hydrogens is 278 g/mol. The van der Waals surface area contributed by atoms with Crippen LogP contribution in [-0.2, 0) is 9.47 Å². The van der Waals surface area contributed by atoms with Crippen molar-refractivity contribution in [3.63, 3.8) is 0 Å². The van der Waals surface area contributed by atoms with Gasteiger partial charge in [-0.15, -0.1) is 0 Å². The summed E-state index contributed by atoms with van der Waals surface area (Å²) in [5.41, 5.74) is 1.78. The van der Waals surface area contributed by atoms with Crippen LogP contribution in [0.15, 0.2) is 18.2 Å². The van der Waals surface area contributed by atoms with Crippen LogP contribution in [0.5, 0.6) is 0 Å². The summed E-state index contributed by atoms with van der Waals surface area (Å²) < 4.78 is 10.2. The second kappa shape index (κ2) is 9.19. The van der Waals surface area contributed by atoms with Crippen LogP contribution in [-0.4, -0.2) is 45.6 Å². The number of methoxy groups -OCH3 is 2. The van der Waals surface area contributed by atoms with Crippen LogP contribution < -0.4 is 4.90 Å². The Hall–Kier alpha value is -0.810. The van der Waals surface area contributed by atoms with Crippen molar-refractivity contribution >= 4 is 17.3 Å². The Morgan fingerprint density at radius 1 is 1.20 bits per heavy atom. The molecule has 0 unspecified atom stereocenters. The predicted octanol–water partition coefficient (Wildman–Crippen LogP) is 2.88. The van der Waals surface area contributed by atoms with Gasteiger partial charge in [-0.05, 0) is 31.0 Å². The lowest BCUT2D eigenvalue weighted by atomic mass is 10.1. The van der Waals surface area contributed by atoms with Crippen molar-refractivity contribution in [2.45, 2.75) is 19.4 Å². The van der Waals surface area contributed by atoms with Crippen LogP contribution >= 0.6 is 11.6 Å². The fourth-order valence-electron chi connectivity index (χ4n) is 1.99. The van der Waals surface area contributed by atoms with E-state index in [4.69, 9.17) is 21.1 Å². The Labute approximate surface area is 126 Å². The van der Waals surface area contributed by atoms with Gasteiger partial charge in [0.05, 0.1) is 23.4 Å². The van der Waals surface area contributed by atoms with Crippen LogP contribution in [0.25, 0.3) is 0 Å². The van der Waals surface area contributed by atoms with E-state index in [9.17, 15) is 5.11 Å². The largest absolute Gasteiger partial charge is 0.389 e. The lowest BCUT2D eigenvalue weighted by Gasteiger charge is -2.26. The zero-order valence-corrected chi connectivity index (χ0v) is 13.2. The summed E-state index contributed by atoms with van der Waals surface area (Å²) in [4.78, 5) is 2.18. The Balaban J connectivity index is 2.82. The number of aliphatic hydroxyl groups excluding tert-OH is 1. The van der Waals surface area contributed by atoms with E-state index >= 15 is 0 Å². The first-order valence-electron chi connectivity index (χ1n) is 6.80. The molecule has 0 saturated carbocycles. The average Bonchev–Trinajstić information content (AvgIpc) is 2.43. The number of aliphatic hydroxyl groups is 1. The first-order chi connectivity index (χ1) is 9.60. The van der Waals surface area contributed by atoms with Gasteiger partial charge in [0.15, 0.2) is 0 Å². The summed E-state index contributed by atoms with van der Waals surface area (Å²) >= 11 is 6.34. The fourth-order valence-corrected chi connectivity index (χ4v) is 2.30. The van der Waals surface area contributed by atoms with E-state index in [2.05, 4.69) is 4.90 Å². The highest BCUT2D eigenvalue weighted by molar-refractivity contribution is 6.33. The van der Waals surface area contributed by atoms with Crippen LogP contribution in [0.2, 0.25) is 5.02 Å². The second-order valence-electron chi connectivity index (χ2n) is 4.71. The quantitative estimate of drug-likeness (QED) is 0.712. The van der Waals surface area contributed by atoms with Gasteiger partial charge in [-0.2, -0.15) is 0 Å². The molecule has 0 aliphatic carbocycles. The minimum atomic E-state index is -0.512. The smallest absolute Gasteiger partial charge is 0.0762 e. The minimum absolute atomic E-state index is 0.512. The maximum atomic E-state index is 9.58. The van der Waals surface area contributed by atoms with Gasteiger partial charge in [0.25, 0.3) is 0 Å². The molecule has 0 saturated heterocycles. The Kier molecular flexibility index (Phi) is 7.92. The molecule has 0 aliphatic heterocycles. The number of anilines is 1. The molecule has 1 atom stereocenters. The van der Waals surface area contributed by atoms with Crippen molar-refractivity contribution in [3.05, 3.63) is 28.8 Å². The molecule has 5 heteroatoms. The highest BCUT2D eigenvalue weighted by Gasteiger charge is 2.12. The third kappa shape index (κ3) is 5.29. The van der Waals surface area contributed by atoms with Crippen molar-refractivity contribution in [2.24, 2.45) is 0 Å². The van der Waals surface area contributed by atoms with E-state index in [1.807, 2.05) is 18.2 Å². The minimum Gasteiger partial charge on any atom is -0.389 e. The van der Waals surface area contributed by atoms with Gasteiger partial charge in [0.2, 0.25) is 0 Å². The van der Waals surface area contributed by atoms with Crippen LogP contribution in [0.4, 0.5) is 5.69 Å².